The number of ether oxygens (including phenoxy) is 1. The van der Waals surface area contributed by atoms with Crippen molar-refractivity contribution in [3.05, 3.63) is 29.6 Å². The first kappa shape index (κ1) is 15.1. The molecule has 0 aliphatic carbocycles. The fourth-order valence-corrected chi connectivity index (χ4v) is 1.67. The number of nitrogens with one attached hydrogen (secondary N) is 1. The lowest BCUT2D eigenvalue weighted by molar-refractivity contribution is -0.123. The van der Waals surface area contributed by atoms with E-state index in [1.807, 2.05) is 13.8 Å². The van der Waals surface area contributed by atoms with Crippen LogP contribution in [0.5, 0.6) is 5.75 Å². The van der Waals surface area contributed by atoms with Gasteiger partial charge in [-0.3, -0.25) is 9.59 Å². The van der Waals surface area contributed by atoms with Gasteiger partial charge in [0.2, 0.25) is 0 Å². The lowest BCUT2D eigenvalue weighted by Crippen LogP contribution is -2.36. The molecule has 1 amide bonds. The van der Waals surface area contributed by atoms with E-state index >= 15 is 0 Å². The van der Waals surface area contributed by atoms with Gasteiger partial charge in [0.15, 0.2) is 18.2 Å². The minimum atomic E-state index is -0.654. The number of amides is 1. The molecule has 0 aromatic heterocycles. The van der Waals surface area contributed by atoms with E-state index in [2.05, 4.69) is 5.32 Å². The van der Waals surface area contributed by atoms with Crippen molar-refractivity contribution >= 4 is 12.2 Å². The van der Waals surface area contributed by atoms with Crippen molar-refractivity contribution in [1.82, 2.24) is 5.32 Å². The Balaban J connectivity index is 2.48. The molecule has 0 bridgehead atoms. The Kier molecular flexibility index (Phi) is 5.99. The summed E-state index contributed by atoms with van der Waals surface area (Å²) in [5, 5.41) is 2.75. The van der Waals surface area contributed by atoms with Gasteiger partial charge in [-0.2, -0.15) is 0 Å². The van der Waals surface area contributed by atoms with E-state index < -0.39 is 5.82 Å². The third kappa shape index (κ3) is 5.07. The van der Waals surface area contributed by atoms with E-state index in [0.29, 0.717) is 6.29 Å². The normalized spacial score (nSPS) is 11.7. The lowest BCUT2D eigenvalue weighted by atomic mass is 10.2. The third-order valence-electron chi connectivity index (χ3n) is 2.58. The van der Waals surface area contributed by atoms with Crippen molar-refractivity contribution in [2.75, 3.05) is 6.61 Å². The molecule has 104 valence electrons. The monoisotopic (exact) mass is 267 g/mol. The van der Waals surface area contributed by atoms with Crippen molar-refractivity contribution < 1.29 is 18.7 Å². The molecule has 0 spiro atoms. The smallest absolute Gasteiger partial charge is 0.258 e. The fourth-order valence-electron chi connectivity index (χ4n) is 1.67. The molecule has 0 saturated carbocycles. The largest absolute Gasteiger partial charge is 0.481 e. The number of aldehydes is 1. The minimum absolute atomic E-state index is 0.0381. The average Bonchev–Trinajstić information content (AvgIpc) is 2.37. The summed E-state index contributed by atoms with van der Waals surface area (Å²) in [5.41, 5.74) is 0.228. The first-order valence-electron chi connectivity index (χ1n) is 6.23. The molecule has 1 atom stereocenters. The zero-order valence-corrected chi connectivity index (χ0v) is 11.1. The molecular weight excluding hydrogens is 249 g/mol. The van der Waals surface area contributed by atoms with Gasteiger partial charge in [0.25, 0.3) is 5.91 Å². The quantitative estimate of drug-likeness (QED) is 0.771. The molecule has 0 saturated heterocycles. The summed E-state index contributed by atoms with van der Waals surface area (Å²) >= 11 is 0. The first-order valence-corrected chi connectivity index (χ1v) is 6.23. The van der Waals surface area contributed by atoms with Crippen molar-refractivity contribution in [2.24, 2.45) is 0 Å². The standard InChI is InChI=1S/C14H18FNO3/c1-3-4-10(2)16-14(18)9-19-13-6-5-11(8-17)7-12(13)15/h5-8,10H,3-4,9H2,1-2H3,(H,16,18). The molecule has 0 fully saturated rings. The van der Waals surface area contributed by atoms with Gasteiger partial charge in [0.05, 0.1) is 0 Å². The van der Waals surface area contributed by atoms with E-state index in [9.17, 15) is 14.0 Å². The number of carbonyl (C=O) groups is 2. The topological polar surface area (TPSA) is 55.4 Å². The molecule has 0 heterocycles. The Labute approximate surface area is 112 Å². The predicted octanol–water partition coefficient (Wildman–Crippen LogP) is 2.32. The van der Waals surface area contributed by atoms with E-state index in [1.165, 1.54) is 12.1 Å². The molecule has 1 rings (SSSR count). The summed E-state index contributed by atoms with van der Waals surface area (Å²) in [7, 11) is 0. The molecule has 0 aliphatic heterocycles. The van der Waals surface area contributed by atoms with Crippen molar-refractivity contribution in [2.45, 2.75) is 32.7 Å². The van der Waals surface area contributed by atoms with Gasteiger partial charge in [-0.1, -0.05) is 13.3 Å². The van der Waals surface area contributed by atoms with Gasteiger partial charge >= 0.3 is 0 Å². The van der Waals surface area contributed by atoms with Gasteiger partial charge in [-0.15, -0.1) is 0 Å². The van der Waals surface area contributed by atoms with Crippen molar-refractivity contribution in [3.8, 4) is 5.75 Å². The fraction of sp³-hybridized carbons (Fsp3) is 0.429. The molecule has 0 radical (unpaired) electrons. The zero-order valence-electron chi connectivity index (χ0n) is 11.1. The number of hydrogen-bond acceptors (Lipinski definition) is 3. The van der Waals surface area contributed by atoms with E-state index in [-0.39, 0.29) is 29.9 Å². The summed E-state index contributed by atoms with van der Waals surface area (Å²) in [6.07, 6.45) is 2.41. The Bertz CT molecular complexity index is 448. The van der Waals surface area contributed by atoms with Crippen LogP contribution in [0.4, 0.5) is 4.39 Å². The van der Waals surface area contributed by atoms with Crippen LogP contribution in [0.15, 0.2) is 18.2 Å². The molecule has 19 heavy (non-hydrogen) atoms. The third-order valence-corrected chi connectivity index (χ3v) is 2.58. The minimum Gasteiger partial charge on any atom is -0.481 e. The highest BCUT2D eigenvalue weighted by Gasteiger charge is 2.09. The molecule has 4 nitrogen and oxygen atoms in total. The molecule has 1 aromatic rings. The second kappa shape index (κ2) is 7.51. The molecular formula is C14H18FNO3. The van der Waals surface area contributed by atoms with Gasteiger partial charge in [-0.25, -0.2) is 4.39 Å². The molecule has 0 aliphatic rings. The van der Waals surface area contributed by atoms with E-state index in [1.54, 1.807) is 0 Å². The summed E-state index contributed by atoms with van der Waals surface area (Å²) in [6, 6.07) is 3.91. The van der Waals surface area contributed by atoms with Gasteiger partial charge < -0.3 is 10.1 Å². The van der Waals surface area contributed by atoms with Crippen LogP contribution in [-0.4, -0.2) is 24.8 Å². The second-order valence-electron chi connectivity index (χ2n) is 4.35. The molecule has 1 aromatic carbocycles. The Morgan fingerprint density at radius 1 is 1.53 bits per heavy atom. The van der Waals surface area contributed by atoms with Gasteiger partial charge in [0, 0.05) is 11.6 Å². The van der Waals surface area contributed by atoms with Gasteiger partial charge in [-0.05, 0) is 31.5 Å². The summed E-state index contributed by atoms with van der Waals surface area (Å²) in [4.78, 5) is 22.0. The van der Waals surface area contributed by atoms with Crippen LogP contribution in [0.25, 0.3) is 0 Å². The van der Waals surface area contributed by atoms with Gasteiger partial charge in [0.1, 0.15) is 6.29 Å². The number of benzene rings is 1. The lowest BCUT2D eigenvalue weighted by Gasteiger charge is -2.13. The highest BCUT2D eigenvalue weighted by molar-refractivity contribution is 5.78. The molecule has 1 unspecified atom stereocenters. The summed E-state index contributed by atoms with van der Waals surface area (Å²) in [5.74, 6) is -0.984. The van der Waals surface area contributed by atoms with Crippen LogP contribution in [0.1, 0.15) is 37.0 Å². The Hall–Kier alpha value is -1.91. The van der Waals surface area contributed by atoms with Crippen LogP contribution in [0.3, 0.4) is 0 Å². The number of halogens is 1. The maximum Gasteiger partial charge on any atom is 0.258 e. The Morgan fingerprint density at radius 2 is 2.26 bits per heavy atom. The van der Waals surface area contributed by atoms with Crippen molar-refractivity contribution in [3.63, 3.8) is 0 Å². The highest BCUT2D eigenvalue weighted by atomic mass is 19.1. The van der Waals surface area contributed by atoms with E-state index in [4.69, 9.17) is 4.74 Å². The highest BCUT2D eigenvalue weighted by Crippen LogP contribution is 2.17. The van der Waals surface area contributed by atoms with Crippen LogP contribution in [-0.2, 0) is 4.79 Å². The zero-order chi connectivity index (χ0) is 14.3. The Morgan fingerprint density at radius 3 is 2.84 bits per heavy atom. The second-order valence-corrected chi connectivity index (χ2v) is 4.35. The van der Waals surface area contributed by atoms with Crippen LogP contribution in [0, 0.1) is 5.82 Å². The van der Waals surface area contributed by atoms with Crippen molar-refractivity contribution in [1.29, 1.82) is 0 Å². The van der Waals surface area contributed by atoms with Crippen LogP contribution < -0.4 is 10.1 Å². The number of rotatable bonds is 7. The summed E-state index contributed by atoms with van der Waals surface area (Å²) < 4.78 is 18.5. The predicted molar refractivity (Wildman–Crippen MR) is 69.8 cm³/mol. The maximum absolute atomic E-state index is 13.5. The molecule has 5 heteroatoms. The van der Waals surface area contributed by atoms with Crippen LogP contribution >= 0.6 is 0 Å². The average molecular weight is 267 g/mol. The number of hydrogen-bond donors (Lipinski definition) is 1. The molecule has 1 N–H and O–H groups in total. The maximum atomic E-state index is 13.5. The van der Waals surface area contributed by atoms with Crippen LogP contribution in [0.2, 0.25) is 0 Å². The van der Waals surface area contributed by atoms with E-state index in [0.717, 1.165) is 18.9 Å². The first-order chi connectivity index (χ1) is 9.06. The SMILES string of the molecule is CCCC(C)NC(=O)COc1ccc(C=O)cc1F. The summed E-state index contributed by atoms with van der Waals surface area (Å²) in [6.45, 7) is 3.69. The number of carbonyl (C=O) groups excluding carboxylic acids is 2.